The molecule has 0 fully saturated rings. The lowest BCUT2D eigenvalue weighted by atomic mass is 9.99. The van der Waals surface area contributed by atoms with Gasteiger partial charge in [-0.1, -0.05) is 26.0 Å². The molecule has 5 nitrogen and oxygen atoms in total. The molecule has 0 radical (unpaired) electrons. The Kier molecular flexibility index (Phi) is 4.53. The molecule has 20 heavy (non-hydrogen) atoms. The highest BCUT2D eigenvalue weighted by Crippen LogP contribution is 2.27. The second-order valence-corrected chi connectivity index (χ2v) is 4.99. The normalized spacial score (nSPS) is 10.9. The lowest BCUT2D eigenvalue weighted by molar-refractivity contribution is -0.385. The second kappa shape index (κ2) is 6.34. The van der Waals surface area contributed by atoms with E-state index in [2.05, 4.69) is 5.32 Å². The third-order valence-electron chi connectivity index (χ3n) is 3.12. The smallest absolute Gasteiger partial charge is 0.273 e. The van der Waals surface area contributed by atoms with Crippen LogP contribution in [0.4, 0.5) is 5.69 Å². The monoisotopic (exact) mass is 274 g/mol. The Morgan fingerprint density at radius 1 is 1.30 bits per heavy atom. The van der Waals surface area contributed by atoms with Gasteiger partial charge in [0, 0.05) is 18.2 Å². The van der Waals surface area contributed by atoms with Gasteiger partial charge in [0.2, 0.25) is 0 Å². The summed E-state index contributed by atoms with van der Waals surface area (Å²) in [5.41, 5.74) is 1.86. The number of nitrogens with one attached hydrogen (secondary N) is 1. The summed E-state index contributed by atoms with van der Waals surface area (Å²) in [6.07, 6.45) is 1.62. The zero-order valence-corrected chi connectivity index (χ0v) is 11.6. The van der Waals surface area contributed by atoms with E-state index in [4.69, 9.17) is 4.42 Å². The fourth-order valence-electron chi connectivity index (χ4n) is 2.09. The van der Waals surface area contributed by atoms with Crippen LogP contribution in [0.5, 0.6) is 0 Å². The summed E-state index contributed by atoms with van der Waals surface area (Å²) >= 11 is 0. The number of hydrogen-bond donors (Lipinski definition) is 1. The number of benzene rings is 1. The van der Waals surface area contributed by atoms with Crippen LogP contribution in [0.1, 0.15) is 36.7 Å². The predicted molar refractivity (Wildman–Crippen MR) is 76.4 cm³/mol. The van der Waals surface area contributed by atoms with E-state index in [1.165, 1.54) is 0 Å². The fourth-order valence-corrected chi connectivity index (χ4v) is 2.09. The minimum absolute atomic E-state index is 0.139. The standard InChI is InChI=1S/C15H18N2O3/c1-11(2)14-6-5-12(8-15(14)17(18)19)9-16-10-13-4-3-7-20-13/h3-8,11,16H,9-10H2,1-2H3. The molecule has 0 spiro atoms. The van der Waals surface area contributed by atoms with E-state index >= 15 is 0 Å². The summed E-state index contributed by atoms with van der Waals surface area (Å²) in [5.74, 6) is 0.985. The van der Waals surface area contributed by atoms with Crippen LogP contribution in [0, 0.1) is 10.1 Å². The van der Waals surface area contributed by atoms with Crippen LogP contribution in [0.25, 0.3) is 0 Å². The van der Waals surface area contributed by atoms with E-state index in [1.54, 1.807) is 12.3 Å². The van der Waals surface area contributed by atoms with Gasteiger partial charge in [-0.15, -0.1) is 0 Å². The molecule has 0 saturated carbocycles. The van der Waals surface area contributed by atoms with E-state index in [1.807, 2.05) is 38.1 Å². The van der Waals surface area contributed by atoms with Crippen LogP contribution in [0.2, 0.25) is 0 Å². The van der Waals surface area contributed by atoms with Crippen molar-refractivity contribution in [3.8, 4) is 0 Å². The lowest BCUT2D eigenvalue weighted by Gasteiger charge is -2.09. The Bertz CT molecular complexity index is 577. The van der Waals surface area contributed by atoms with Gasteiger partial charge >= 0.3 is 0 Å². The molecule has 1 aromatic carbocycles. The van der Waals surface area contributed by atoms with Crippen LogP contribution < -0.4 is 5.32 Å². The van der Waals surface area contributed by atoms with Crippen LogP contribution in [0.3, 0.4) is 0 Å². The molecule has 1 heterocycles. The number of nitrogens with zero attached hydrogens (tertiary/aromatic N) is 1. The summed E-state index contributed by atoms with van der Waals surface area (Å²) in [7, 11) is 0. The first-order valence-electron chi connectivity index (χ1n) is 6.58. The van der Waals surface area contributed by atoms with Crippen LogP contribution in [0.15, 0.2) is 41.0 Å². The SMILES string of the molecule is CC(C)c1ccc(CNCc2ccco2)cc1[N+](=O)[O-]. The van der Waals surface area contributed by atoms with Gasteiger partial charge in [0.05, 0.1) is 17.7 Å². The molecular weight excluding hydrogens is 256 g/mol. The Hall–Kier alpha value is -2.14. The van der Waals surface area contributed by atoms with E-state index < -0.39 is 0 Å². The highest BCUT2D eigenvalue weighted by molar-refractivity contribution is 5.45. The second-order valence-electron chi connectivity index (χ2n) is 4.99. The van der Waals surface area contributed by atoms with Gasteiger partial charge in [0.25, 0.3) is 5.69 Å². The topological polar surface area (TPSA) is 68.3 Å². The molecule has 106 valence electrons. The molecule has 0 bridgehead atoms. The molecule has 2 rings (SSSR count). The minimum atomic E-state index is -0.314. The Labute approximate surface area is 117 Å². The van der Waals surface area contributed by atoms with E-state index in [-0.39, 0.29) is 16.5 Å². The summed E-state index contributed by atoms with van der Waals surface area (Å²) in [5, 5.41) is 14.3. The highest BCUT2D eigenvalue weighted by Gasteiger charge is 2.16. The first-order chi connectivity index (χ1) is 9.58. The van der Waals surface area contributed by atoms with E-state index in [0.717, 1.165) is 16.9 Å². The first kappa shape index (κ1) is 14.3. The van der Waals surface area contributed by atoms with Gasteiger partial charge in [-0.3, -0.25) is 10.1 Å². The van der Waals surface area contributed by atoms with Gasteiger partial charge in [-0.2, -0.15) is 0 Å². The molecule has 0 atom stereocenters. The van der Waals surface area contributed by atoms with Crippen molar-refractivity contribution in [1.82, 2.24) is 5.32 Å². The number of nitro benzene ring substituents is 1. The molecule has 0 aliphatic carbocycles. The fraction of sp³-hybridized carbons (Fsp3) is 0.333. The maximum Gasteiger partial charge on any atom is 0.273 e. The van der Waals surface area contributed by atoms with E-state index in [9.17, 15) is 10.1 Å². The van der Waals surface area contributed by atoms with Crippen molar-refractivity contribution in [2.24, 2.45) is 0 Å². The molecule has 1 N–H and O–H groups in total. The number of rotatable bonds is 6. The molecule has 1 aromatic heterocycles. The average molecular weight is 274 g/mol. The average Bonchev–Trinajstić information content (AvgIpc) is 2.91. The summed E-state index contributed by atoms with van der Waals surface area (Å²) in [6.45, 7) is 5.08. The molecule has 5 heteroatoms. The van der Waals surface area contributed by atoms with Gasteiger partial charge < -0.3 is 9.73 Å². The first-order valence-corrected chi connectivity index (χ1v) is 6.58. The predicted octanol–water partition coefficient (Wildman–Crippen LogP) is 3.60. The molecule has 0 unspecified atom stereocenters. The molecule has 0 aliphatic heterocycles. The number of nitro groups is 1. The van der Waals surface area contributed by atoms with Crippen molar-refractivity contribution in [2.45, 2.75) is 32.9 Å². The summed E-state index contributed by atoms with van der Waals surface area (Å²) in [6, 6.07) is 9.13. The molecule has 0 aliphatic rings. The number of furan rings is 1. The largest absolute Gasteiger partial charge is 0.468 e. The zero-order valence-electron chi connectivity index (χ0n) is 11.6. The zero-order chi connectivity index (χ0) is 14.5. The van der Waals surface area contributed by atoms with Crippen LogP contribution in [-0.2, 0) is 13.1 Å². The van der Waals surface area contributed by atoms with Crippen molar-refractivity contribution < 1.29 is 9.34 Å². The Morgan fingerprint density at radius 3 is 2.70 bits per heavy atom. The number of hydrogen-bond acceptors (Lipinski definition) is 4. The summed E-state index contributed by atoms with van der Waals surface area (Å²) in [4.78, 5) is 10.8. The molecular formula is C15H18N2O3. The van der Waals surface area contributed by atoms with Crippen molar-refractivity contribution in [1.29, 1.82) is 0 Å². The van der Waals surface area contributed by atoms with Crippen molar-refractivity contribution >= 4 is 5.69 Å². The van der Waals surface area contributed by atoms with Crippen LogP contribution in [-0.4, -0.2) is 4.92 Å². The van der Waals surface area contributed by atoms with Crippen molar-refractivity contribution in [3.63, 3.8) is 0 Å². The highest BCUT2D eigenvalue weighted by atomic mass is 16.6. The Balaban J connectivity index is 2.05. The third kappa shape index (κ3) is 3.45. The molecule has 0 saturated heterocycles. The van der Waals surface area contributed by atoms with Gasteiger partial charge in [0.15, 0.2) is 0 Å². The molecule has 0 amide bonds. The van der Waals surface area contributed by atoms with Crippen molar-refractivity contribution in [2.75, 3.05) is 0 Å². The third-order valence-corrected chi connectivity index (χ3v) is 3.12. The lowest BCUT2D eigenvalue weighted by Crippen LogP contribution is -2.12. The van der Waals surface area contributed by atoms with E-state index in [0.29, 0.717) is 13.1 Å². The van der Waals surface area contributed by atoms with Gasteiger partial charge in [-0.05, 0) is 23.6 Å². The Morgan fingerprint density at radius 2 is 2.10 bits per heavy atom. The maximum absolute atomic E-state index is 11.1. The maximum atomic E-state index is 11.1. The van der Waals surface area contributed by atoms with Crippen molar-refractivity contribution in [3.05, 3.63) is 63.6 Å². The van der Waals surface area contributed by atoms with Gasteiger partial charge in [-0.25, -0.2) is 0 Å². The minimum Gasteiger partial charge on any atom is -0.468 e. The van der Waals surface area contributed by atoms with Crippen LogP contribution >= 0.6 is 0 Å². The van der Waals surface area contributed by atoms with Gasteiger partial charge in [0.1, 0.15) is 5.76 Å². The quantitative estimate of drug-likeness (QED) is 0.645. The summed E-state index contributed by atoms with van der Waals surface area (Å²) < 4.78 is 5.21. The molecule has 2 aromatic rings.